The number of nitro groups is 1. The Morgan fingerprint density at radius 2 is 1.77 bits per heavy atom. The zero-order valence-electron chi connectivity index (χ0n) is 19.4. The van der Waals surface area contributed by atoms with Gasteiger partial charge in [0.05, 0.1) is 12.0 Å². The van der Waals surface area contributed by atoms with Gasteiger partial charge < -0.3 is 19.5 Å². The number of hydrogen-bond acceptors (Lipinski definition) is 7. The Balaban J connectivity index is 1.47. The third-order valence-electron chi connectivity index (χ3n) is 5.67. The molecule has 9 nitrogen and oxygen atoms in total. The number of carbonyl (C=O) groups excluding carboxylic acids is 1. The molecule has 0 radical (unpaired) electrons. The number of likely N-dealkylation sites (tertiary alicyclic amines) is 1. The molecule has 1 saturated heterocycles. The molecule has 1 fully saturated rings. The Hall–Kier alpha value is -4.11. The minimum absolute atomic E-state index is 0.117. The molecule has 3 aromatic carbocycles. The van der Waals surface area contributed by atoms with Gasteiger partial charge in [0.15, 0.2) is 11.5 Å². The SMILES string of the molecule is COc1cc(NC(=O)c2cc(Oc3ccccc3)ccc2[N+](=O)[O-])ccc1OCCN1CCCC1. The van der Waals surface area contributed by atoms with Gasteiger partial charge in [0.2, 0.25) is 0 Å². The summed E-state index contributed by atoms with van der Waals surface area (Å²) >= 11 is 0. The number of rotatable bonds is 10. The van der Waals surface area contributed by atoms with Crippen LogP contribution in [0.3, 0.4) is 0 Å². The Morgan fingerprint density at radius 3 is 2.49 bits per heavy atom. The van der Waals surface area contributed by atoms with Crippen molar-refractivity contribution in [2.75, 3.05) is 38.7 Å². The third-order valence-corrected chi connectivity index (χ3v) is 5.67. The normalized spacial score (nSPS) is 13.3. The van der Waals surface area contributed by atoms with Crippen molar-refractivity contribution < 1.29 is 23.9 Å². The van der Waals surface area contributed by atoms with Gasteiger partial charge in [0.1, 0.15) is 23.7 Å². The minimum atomic E-state index is -0.639. The van der Waals surface area contributed by atoms with E-state index in [9.17, 15) is 14.9 Å². The first-order valence-electron chi connectivity index (χ1n) is 11.4. The number of anilines is 1. The number of nitrogens with one attached hydrogen (secondary N) is 1. The van der Waals surface area contributed by atoms with Gasteiger partial charge in [-0.25, -0.2) is 0 Å². The van der Waals surface area contributed by atoms with Crippen molar-refractivity contribution in [3.05, 3.63) is 82.4 Å². The fourth-order valence-electron chi connectivity index (χ4n) is 3.90. The number of benzene rings is 3. The Kier molecular flexibility index (Phi) is 7.79. The summed E-state index contributed by atoms with van der Waals surface area (Å²) in [5.74, 6) is 1.25. The molecule has 35 heavy (non-hydrogen) atoms. The summed E-state index contributed by atoms with van der Waals surface area (Å²) in [4.78, 5) is 26.3. The maximum absolute atomic E-state index is 13.0. The molecule has 3 aromatic rings. The molecule has 0 unspecified atom stereocenters. The molecule has 0 saturated carbocycles. The largest absolute Gasteiger partial charge is 0.493 e. The van der Waals surface area contributed by atoms with Crippen LogP contribution < -0.4 is 19.5 Å². The highest BCUT2D eigenvalue weighted by Gasteiger charge is 2.22. The van der Waals surface area contributed by atoms with Crippen molar-refractivity contribution in [2.24, 2.45) is 0 Å². The first kappa shape index (κ1) is 24.0. The van der Waals surface area contributed by atoms with E-state index in [2.05, 4.69) is 10.2 Å². The average Bonchev–Trinajstić information content (AvgIpc) is 3.39. The summed E-state index contributed by atoms with van der Waals surface area (Å²) < 4.78 is 17.0. The molecule has 0 spiro atoms. The Bertz CT molecular complexity index is 1180. The lowest BCUT2D eigenvalue weighted by molar-refractivity contribution is -0.385. The third kappa shape index (κ3) is 6.27. The number of nitro benzene ring substituents is 1. The maximum atomic E-state index is 13.0. The fraction of sp³-hybridized carbons (Fsp3) is 0.269. The van der Waals surface area contributed by atoms with Gasteiger partial charge in [-0.2, -0.15) is 0 Å². The van der Waals surface area contributed by atoms with E-state index in [-0.39, 0.29) is 11.3 Å². The van der Waals surface area contributed by atoms with E-state index >= 15 is 0 Å². The lowest BCUT2D eigenvalue weighted by Gasteiger charge is -2.17. The van der Waals surface area contributed by atoms with Crippen LogP contribution >= 0.6 is 0 Å². The molecular weight excluding hydrogens is 450 g/mol. The molecule has 0 bridgehead atoms. The van der Waals surface area contributed by atoms with E-state index in [1.54, 1.807) is 30.3 Å². The molecule has 4 rings (SSSR count). The van der Waals surface area contributed by atoms with Crippen molar-refractivity contribution in [2.45, 2.75) is 12.8 Å². The molecule has 1 amide bonds. The summed E-state index contributed by atoms with van der Waals surface area (Å²) in [5.41, 5.74) is -0.0208. The van der Waals surface area contributed by atoms with E-state index in [1.807, 2.05) is 18.2 Å². The van der Waals surface area contributed by atoms with E-state index in [0.717, 1.165) is 19.6 Å². The van der Waals surface area contributed by atoms with E-state index in [4.69, 9.17) is 14.2 Å². The standard InChI is InChI=1S/C26H27N3O6/c1-33-25-17-19(9-12-24(25)34-16-15-28-13-5-6-14-28)27-26(30)22-18-21(10-11-23(22)29(31)32)35-20-7-3-2-4-8-20/h2-4,7-12,17-18H,5-6,13-16H2,1H3,(H,27,30). The van der Waals surface area contributed by atoms with Crippen LogP contribution in [0.4, 0.5) is 11.4 Å². The summed E-state index contributed by atoms with van der Waals surface area (Å²) in [7, 11) is 1.52. The van der Waals surface area contributed by atoms with Gasteiger partial charge >= 0.3 is 0 Å². The van der Waals surface area contributed by atoms with Crippen LogP contribution in [-0.4, -0.2) is 49.1 Å². The molecular formula is C26H27N3O6. The molecule has 1 aliphatic heterocycles. The first-order chi connectivity index (χ1) is 17.0. The van der Waals surface area contributed by atoms with Crippen LogP contribution in [0.25, 0.3) is 0 Å². The first-order valence-corrected chi connectivity index (χ1v) is 11.4. The molecule has 0 atom stereocenters. The van der Waals surface area contributed by atoms with Crippen LogP contribution in [0.5, 0.6) is 23.0 Å². The van der Waals surface area contributed by atoms with Crippen LogP contribution in [-0.2, 0) is 0 Å². The number of hydrogen-bond donors (Lipinski definition) is 1. The quantitative estimate of drug-likeness (QED) is 0.319. The summed E-state index contributed by atoms with van der Waals surface area (Å²) in [6.07, 6.45) is 2.44. The Morgan fingerprint density at radius 1 is 1.00 bits per heavy atom. The van der Waals surface area contributed by atoms with Crippen LogP contribution in [0.15, 0.2) is 66.7 Å². The predicted molar refractivity (Wildman–Crippen MR) is 132 cm³/mol. The van der Waals surface area contributed by atoms with Gasteiger partial charge in [-0.05, 0) is 56.3 Å². The number of amides is 1. The number of nitrogens with zero attached hydrogens (tertiary/aromatic N) is 2. The molecule has 182 valence electrons. The highest BCUT2D eigenvalue weighted by Crippen LogP contribution is 2.32. The molecule has 9 heteroatoms. The van der Waals surface area contributed by atoms with E-state index in [1.165, 1.54) is 38.2 Å². The zero-order valence-corrected chi connectivity index (χ0v) is 19.4. The van der Waals surface area contributed by atoms with Crippen molar-refractivity contribution in [1.29, 1.82) is 0 Å². The molecule has 1 N–H and O–H groups in total. The van der Waals surface area contributed by atoms with Crippen LogP contribution in [0.1, 0.15) is 23.2 Å². The van der Waals surface area contributed by atoms with Crippen LogP contribution in [0, 0.1) is 10.1 Å². The number of ether oxygens (including phenoxy) is 3. The summed E-state index contributed by atoms with van der Waals surface area (Å²) in [6, 6.07) is 18.0. The maximum Gasteiger partial charge on any atom is 0.282 e. The molecule has 0 aromatic heterocycles. The van der Waals surface area contributed by atoms with Gasteiger partial charge in [0.25, 0.3) is 11.6 Å². The molecule has 0 aliphatic carbocycles. The van der Waals surface area contributed by atoms with Crippen molar-refractivity contribution in [3.8, 4) is 23.0 Å². The minimum Gasteiger partial charge on any atom is -0.493 e. The average molecular weight is 478 g/mol. The number of carbonyl (C=O) groups is 1. The Labute approximate surface area is 203 Å². The molecule has 1 heterocycles. The van der Waals surface area contributed by atoms with Gasteiger partial charge in [-0.15, -0.1) is 0 Å². The van der Waals surface area contributed by atoms with Gasteiger partial charge in [-0.3, -0.25) is 19.8 Å². The van der Waals surface area contributed by atoms with Crippen molar-refractivity contribution in [3.63, 3.8) is 0 Å². The monoisotopic (exact) mass is 477 g/mol. The second-order valence-corrected chi connectivity index (χ2v) is 8.07. The zero-order chi connectivity index (χ0) is 24.6. The van der Waals surface area contributed by atoms with E-state index in [0.29, 0.717) is 35.3 Å². The number of para-hydroxylation sites is 1. The lowest BCUT2D eigenvalue weighted by atomic mass is 10.1. The van der Waals surface area contributed by atoms with Gasteiger partial charge in [0, 0.05) is 30.4 Å². The fourth-order valence-corrected chi connectivity index (χ4v) is 3.90. The smallest absolute Gasteiger partial charge is 0.282 e. The topological polar surface area (TPSA) is 103 Å². The highest BCUT2D eigenvalue weighted by atomic mass is 16.6. The van der Waals surface area contributed by atoms with Crippen molar-refractivity contribution in [1.82, 2.24) is 4.90 Å². The number of methoxy groups -OCH3 is 1. The summed E-state index contributed by atoms with van der Waals surface area (Å²) in [6.45, 7) is 3.56. The second-order valence-electron chi connectivity index (χ2n) is 8.07. The highest BCUT2D eigenvalue weighted by molar-refractivity contribution is 6.07. The van der Waals surface area contributed by atoms with E-state index < -0.39 is 10.8 Å². The predicted octanol–water partition coefficient (Wildman–Crippen LogP) is 5.12. The lowest BCUT2D eigenvalue weighted by Crippen LogP contribution is -2.25. The summed E-state index contributed by atoms with van der Waals surface area (Å²) in [5, 5.41) is 14.2. The second kappa shape index (κ2) is 11.3. The van der Waals surface area contributed by atoms with Crippen LogP contribution in [0.2, 0.25) is 0 Å². The van der Waals surface area contributed by atoms with Crippen molar-refractivity contribution >= 4 is 17.3 Å². The van der Waals surface area contributed by atoms with Gasteiger partial charge in [-0.1, -0.05) is 18.2 Å². The molecule has 1 aliphatic rings.